The van der Waals surface area contributed by atoms with Crippen molar-refractivity contribution >= 4 is 27.3 Å². The Kier molecular flexibility index (Phi) is 7.15. The third kappa shape index (κ3) is 5.28. The number of aliphatic carboxylic acids is 1. The molecule has 0 radical (unpaired) electrons. The van der Waals surface area contributed by atoms with Crippen LogP contribution in [0.3, 0.4) is 0 Å². The number of rotatable bonds is 4. The number of aromatic nitrogens is 1. The molecule has 0 bridgehead atoms. The van der Waals surface area contributed by atoms with Gasteiger partial charge < -0.3 is 9.84 Å². The molecule has 1 aliphatic rings. The number of carboxylic acids is 1. The van der Waals surface area contributed by atoms with E-state index in [4.69, 9.17) is 14.6 Å². The van der Waals surface area contributed by atoms with Gasteiger partial charge in [-0.3, -0.25) is 4.98 Å². The number of alkyl halides is 3. The summed E-state index contributed by atoms with van der Waals surface area (Å²) in [5.74, 6) is -2.76. The highest BCUT2D eigenvalue weighted by atomic mass is 32.2. The number of sulfonamides is 1. The first-order chi connectivity index (χ1) is 13.1. The molecule has 7 nitrogen and oxygen atoms in total. The number of pyridine rings is 1. The summed E-state index contributed by atoms with van der Waals surface area (Å²) in [7, 11) is -1.75. The summed E-state index contributed by atoms with van der Waals surface area (Å²) < 4.78 is 64.0. The van der Waals surface area contributed by atoms with E-state index >= 15 is 0 Å². The van der Waals surface area contributed by atoms with Crippen molar-refractivity contribution in [3.8, 4) is 0 Å². The van der Waals surface area contributed by atoms with E-state index in [2.05, 4.69) is 4.98 Å². The molecule has 0 aromatic carbocycles. The quantitative estimate of drug-likeness (QED) is 0.789. The van der Waals surface area contributed by atoms with E-state index in [0.29, 0.717) is 30.3 Å². The number of halogens is 3. The summed E-state index contributed by atoms with van der Waals surface area (Å²) in [6.45, 7) is 1.38. The fraction of sp³-hybridized carbons (Fsp3) is 0.375. The van der Waals surface area contributed by atoms with Gasteiger partial charge in [0.05, 0.1) is 6.61 Å². The monoisotopic (exact) mass is 438 g/mol. The minimum absolute atomic E-state index is 0.375. The number of hydrogen-bond donors (Lipinski definition) is 1. The summed E-state index contributed by atoms with van der Waals surface area (Å²) in [5, 5.41) is 8.91. The number of thiophene rings is 1. The summed E-state index contributed by atoms with van der Waals surface area (Å²) in [4.78, 5) is 13.1. The van der Waals surface area contributed by atoms with Crippen LogP contribution in [0, 0.1) is 0 Å². The third-order valence-electron chi connectivity index (χ3n) is 3.83. The lowest BCUT2D eigenvalue weighted by Gasteiger charge is -2.28. The molecule has 2 aromatic heterocycles. The number of methoxy groups -OCH3 is 1. The number of nitrogens with zero attached hydrogens (tertiary/aromatic N) is 2. The fourth-order valence-electron chi connectivity index (χ4n) is 2.56. The number of carbonyl (C=O) groups is 1. The molecule has 0 atom stereocenters. The molecule has 3 heterocycles. The maximum atomic E-state index is 12.6. The summed E-state index contributed by atoms with van der Waals surface area (Å²) >= 11 is 1.25. The predicted molar refractivity (Wildman–Crippen MR) is 94.3 cm³/mol. The van der Waals surface area contributed by atoms with Crippen molar-refractivity contribution in [3.05, 3.63) is 46.6 Å². The van der Waals surface area contributed by atoms with Crippen molar-refractivity contribution in [1.82, 2.24) is 9.29 Å². The Labute approximate surface area is 163 Å². The van der Waals surface area contributed by atoms with Crippen molar-refractivity contribution in [3.63, 3.8) is 0 Å². The second-order valence-electron chi connectivity index (χ2n) is 5.69. The first-order valence-corrected chi connectivity index (χ1v) is 10.2. The molecule has 3 rings (SSSR count). The first-order valence-electron chi connectivity index (χ1n) is 7.84. The van der Waals surface area contributed by atoms with Crippen molar-refractivity contribution in [2.45, 2.75) is 30.0 Å². The van der Waals surface area contributed by atoms with Crippen LogP contribution in [0.1, 0.15) is 16.7 Å². The third-order valence-corrected chi connectivity index (χ3v) is 7.04. The number of carboxylic acid groups (broad SMARTS) is 1. The van der Waals surface area contributed by atoms with Gasteiger partial charge in [-0.15, -0.1) is 11.3 Å². The average Bonchev–Trinajstić information content (AvgIpc) is 3.17. The van der Waals surface area contributed by atoms with Crippen molar-refractivity contribution in [2.24, 2.45) is 0 Å². The lowest BCUT2D eigenvalue weighted by molar-refractivity contribution is -0.192. The van der Waals surface area contributed by atoms with Gasteiger partial charge in [0, 0.05) is 32.6 Å². The normalized spacial score (nSPS) is 14.7. The van der Waals surface area contributed by atoms with Crippen LogP contribution in [-0.2, 0) is 39.1 Å². The van der Waals surface area contributed by atoms with Crippen LogP contribution >= 0.6 is 11.3 Å². The minimum Gasteiger partial charge on any atom is -0.475 e. The molecule has 0 unspecified atom stereocenters. The Balaban J connectivity index is 0.000000345. The number of ether oxygens (including phenoxy) is 1. The first kappa shape index (κ1) is 22.3. The van der Waals surface area contributed by atoms with Gasteiger partial charge in [0.15, 0.2) is 0 Å². The van der Waals surface area contributed by atoms with Crippen molar-refractivity contribution < 1.29 is 36.2 Å². The van der Waals surface area contributed by atoms with Gasteiger partial charge in [-0.25, -0.2) is 13.2 Å². The molecule has 0 saturated heterocycles. The topological polar surface area (TPSA) is 96.8 Å². The SMILES string of the molecule is COCc1cncc2c1CCN(S(=O)(=O)c1cccs1)C2.O=C(O)C(F)(F)F. The second-order valence-corrected chi connectivity index (χ2v) is 8.81. The maximum Gasteiger partial charge on any atom is 0.490 e. The highest BCUT2D eigenvalue weighted by molar-refractivity contribution is 7.91. The molecule has 0 fully saturated rings. The van der Waals surface area contributed by atoms with E-state index in [1.165, 1.54) is 21.2 Å². The fourth-order valence-corrected chi connectivity index (χ4v) is 5.13. The number of fused-ring (bicyclic) bond motifs is 1. The van der Waals surface area contributed by atoms with Crippen LogP contribution in [0.15, 0.2) is 34.1 Å². The van der Waals surface area contributed by atoms with Crippen LogP contribution in [0.2, 0.25) is 0 Å². The van der Waals surface area contributed by atoms with Crippen LogP contribution < -0.4 is 0 Å². The van der Waals surface area contributed by atoms with Crippen LogP contribution in [0.5, 0.6) is 0 Å². The van der Waals surface area contributed by atoms with E-state index in [1.807, 2.05) is 0 Å². The Morgan fingerprint density at radius 3 is 2.61 bits per heavy atom. The molecule has 154 valence electrons. The lowest BCUT2D eigenvalue weighted by Crippen LogP contribution is -2.36. The van der Waals surface area contributed by atoms with Gasteiger partial charge in [0.1, 0.15) is 4.21 Å². The van der Waals surface area contributed by atoms with Crippen molar-refractivity contribution in [2.75, 3.05) is 13.7 Å². The Bertz CT molecular complexity index is 915. The molecule has 1 N–H and O–H groups in total. The van der Waals surface area contributed by atoms with Crippen LogP contribution in [0.25, 0.3) is 0 Å². The zero-order valence-corrected chi connectivity index (χ0v) is 16.3. The second kappa shape index (κ2) is 8.99. The standard InChI is InChI=1S/C14H16N2O3S2.C2HF3O2/c1-19-10-12-8-15-7-11-9-16(5-4-13(11)12)21(17,18)14-3-2-6-20-14;3-2(4,5)1(6)7/h2-3,6-8H,4-5,9-10H2,1H3;(H,6,7). The van der Waals surface area contributed by atoms with Crippen LogP contribution in [-0.4, -0.2) is 48.6 Å². The Morgan fingerprint density at radius 1 is 1.39 bits per heavy atom. The number of hydrogen-bond acceptors (Lipinski definition) is 6. The Morgan fingerprint density at radius 2 is 2.07 bits per heavy atom. The molecule has 1 aliphatic heterocycles. The van der Waals surface area contributed by atoms with E-state index < -0.39 is 22.2 Å². The zero-order chi connectivity index (χ0) is 20.9. The zero-order valence-electron chi connectivity index (χ0n) is 14.6. The molecule has 0 aliphatic carbocycles. The maximum absolute atomic E-state index is 12.6. The molecule has 28 heavy (non-hydrogen) atoms. The molecular formula is C16H17F3N2O5S2. The van der Waals surface area contributed by atoms with Gasteiger partial charge in [-0.05, 0) is 34.6 Å². The van der Waals surface area contributed by atoms with E-state index in [-0.39, 0.29) is 0 Å². The predicted octanol–water partition coefficient (Wildman–Crippen LogP) is 2.67. The molecule has 0 saturated carbocycles. The van der Waals surface area contributed by atoms with E-state index in [9.17, 15) is 21.6 Å². The van der Waals surface area contributed by atoms with Crippen molar-refractivity contribution in [1.29, 1.82) is 0 Å². The van der Waals surface area contributed by atoms with Gasteiger partial charge in [0.2, 0.25) is 0 Å². The average molecular weight is 438 g/mol. The summed E-state index contributed by atoms with van der Waals surface area (Å²) in [6.07, 6.45) is -0.836. The smallest absolute Gasteiger partial charge is 0.475 e. The Hall–Kier alpha value is -2.02. The summed E-state index contributed by atoms with van der Waals surface area (Å²) in [5.41, 5.74) is 3.18. The molecule has 2 aromatic rings. The highest BCUT2D eigenvalue weighted by Crippen LogP contribution is 2.28. The van der Waals surface area contributed by atoms with Gasteiger partial charge >= 0.3 is 12.1 Å². The van der Waals surface area contributed by atoms with Crippen LogP contribution in [0.4, 0.5) is 13.2 Å². The molecule has 12 heteroatoms. The van der Waals surface area contributed by atoms with Gasteiger partial charge in [0.25, 0.3) is 10.0 Å². The summed E-state index contributed by atoms with van der Waals surface area (Å²) in [6, 6.07) is 3.41. The minimum atomic E-state index is -5.08. The highest BCUT2D eigenvalue weighted by Gasteiger charge is 2.38. The molecular weight excluding hydrogens is 421 g/mol. The van der Waals surface area contributed by atoms with Gasteiger partial charge in [-0.2, -0.15) is 17.5 Å². The van der Waals surface area contributed by atoms with E-state index in [0.717, 1.165) is 11.1 Å². The van der Waals surface area contributed by atoms with E-state index in [1.54, 1.807) is 37.0 Å². The van der Waals surface area contributed by atoms with Gasteiger partial charge in [-0.1, -0.05) is 6.07 Å². The molecule has 0 spiro atoms. The molecule has 0 amide bonds. The lowest BCUT2D eigenvalue weighted by atomic mass is 9.99. The largest absolute Gasteiger partial charge is 0.490 e.